The van der Waals surface area contributed by atoms with Crippen LogP contribution in [0.1, 0.15) is 78.6 Å². The van der Waals surface area contributed by atoms with Gasteiger partial charge in [-0.1, -0.05) is 33.6 Å². The molecule has 0 bridgehead atoms. The molecule has 1 heteroatoms. The molecule has 108 valence electrons. The van der Waals surface area contributed by atoms with E-state index in [1.807, 2.05) is 0 Å². The second kappa shape index (κ2) is 6.29. The molecule has 0 radical (unpaired) electrons. The van der Waals surface area contributed by atoms with Crippen LogP contribution in [0.4, 0.5) is 0 Å². The Morgan fingerprint density at radius 2 is 1.32 bits per heavy atom. The molecule has 0 aromatic carbocycles. The Hall–Kier alpha value is -0.510. The van der Waals surface area contributed by atoms with Gasteiger partial charge in [0.1, 0.15) is 0 Å². The van der Waals surface area contributed by atoms with Gasteiger partial charge in [0.05, 0.1) is 6.07 Å². The SMILES string of the molecule is CC(C)(C)CC1CCC(C2CCC(C#N)CC2)CC1. The van der Waals surface area contributed by atoms with E-state index in [0.29, 0.717) is 11.3 Å². The monoisotopic (exact) mass is 261 g/mol. The molecule has 0 aliphatic heterocycles. The second-order valence-corrected chi connectivity index (χ2v) is 8.29. The standard InChI is InChI=1S/C18H31N/c1-18(2,3)12-14-4-8-16(9-5-14)17-10-6-15(13-19)7-11-17/h14-17H,4-12H2,1-3H3. The quantitative estimate of drug-likeness (QED) is 0.638. The van der Waals surface area contributed by atoms with E-state index in [0.717, 1.165) is 17.8 Å². The van der Waals surface area contributed by atoms with Crippen LogP contribution in [-0.4, -0.2) is 0 Å². The minimum atomic E-state index is 0.369. The van der Waals surface area contributed by atoms with Gasteiger partial charge >= 0.3 is 0 Å². The lowest BCUT2D eigenvalue weighted by Gasteiger charge is -2.38. The Bertz CT molecular complexity index is 304. The molecule has 2 aliphatic carbocycles. The molecule has 0 aromatic heterocycles. The van der Waals surface area contributed by atoms with E-state index in [1.54, 1.807) is 0 Å². The van der Waals surface area contributed by atoms with Crippen LogP contribution in [-0.2, 0) is 0 Å². The van der Waals surface area contributed by atoms with E-state index in [1.165, 1.54) is 57.8 Å². The first-order valence-electron chi connectivity index (χ1n) is 8.37. The molecule has 0 aromatic rings. The Morgan fingerprint density at radius 3 is 1.74 bits per heavy atom. The average molecular weight is 261 g/mol. The lowest BCUT2D eigenvalue weighted by atomic mass is 9.67. The zero-order chi connectivity index (χ0) is 13.9. The fourth-order valence-electron chi connectivity index (χ4n) is 4.45. The lowest BCUT2D eigenvalue weighted by Crippen LogP contribution is -2.26. The number of nitriles is 1. The van der Waals surface area contributed by atoms with Crippen molar-refractivity contribution < 1.29 is 0 Å². The van der Waals surface area contributed by atoms with Crippen molar-refractivity contribution in [3.63, 3.8) is 0 Å². The Labute approximate surface area is 119 Å². The Morgan fingerprint density at radius 1 is 0.842 bits per heavy atom. The van der Waals surface area contributed by atoms with Gasteiger partial charge in [0.15, 0.2) is 0 Å². The molecule has 2 aliphatic rings. The topological polar surface area (TPSA) is 23.8 Å². The van der Waals surface area contributed by atoms with Crippen molar-refractivity contribution in [2.75, 3.05) is 0 Å². The molecule has 0 spiro atoms. The first kappa shape index (κ1) is 14.9. The molecule has 2 saturated carbocycles. The van der Waals surface area contributed by atoms with Crippen molar-refractivity contribution >= 4 is 0 Å². The van der Waals surface area contributed by atoms with Crippen molar-refractivity contribution in [2.45, 2.75) is 78.6 Å². The average Bonchev–Trinajstić information content (AvgIpc) is 2.38. The third-order valence-electron chi connectivity index (χ3n) is 5.41. The first-order valence-corrected chi connectivity index (χ1v) is 8.37. The highest BCUT2D eigenvalue weighted by molar-refractivity contribution is 4.89. The third kappa shape index (κ3) is 4.51. The van der Waals surface area contributed by atoms with Crippen molar-refractivity contribution in [2.24, 2.45) is 29.1 Å². The summed E-state index contributed by atoms with van der Waals surface area (Å²) < 4.78 is 0. The molecule has 2 fully saturated rings. The number of hydrogen-bond donors (Lipinski definition) is 0. The van der Waals surface area contributed by atoms with Gasteiger partial charge in [-0.15, -0.1) is 0 Å². The summed E-state index contributed by atoms with van der Waals surface area (Å²) in [6.45, 7) is 7.13. The van der Waals surface area contributed by atoms with Crippen molar-refractivity contribution in [3.05, 3.63) is 0 Å². The predicted octanol–water partition coefficient (Wildman–Crippen LogP) is 5.56. The van der Waals surface area contributed by atoms with E-state index in [9.17, 15) is 0 Å². The van der Waals surface area contributed by atoms with E-state index in [4.69, 9.17) is 5.26 Å². The summed E-state index contributed by atoms with van der Waals surface area (Å²) >= 11 is 0. The molecule has 0 amide bonds. The van der Waals surface area contributed by atoms with Crippen LogP contribution < -0.4 is 0 Å². The molecule has 0 saturated heterocycles. The normalized spacial score (nSPS) is 36.7. The summed E-state index contributed by atoms with van der Waals surface area (Å²) in [6.07, 6.45) is 12.2. The van der Waals surface area contributed by atoms with Gasteiger partial charge in [-0.25, -0.2) is 0 Å². The van der Waals surface area contributed by atoms with Crippen molar-refractivity contribution in [1.82, 2.24) is 0 Å². The molecular weight excluding hydrogens is 230 g/mol. The highest BCUT2D eigenvalue weighted by Gasteiger charge is 2.31. The maximum atomic E-state index is 8.98. The summed E-state index contributed by atoms with van der Waals surface area (Å²) in [5.41, 5.74) is 0.502. The fourth-order valence-corrected chi connectivity index (χ4v) is 4.45. The lowest BCUT2D eigenvalue weighted by molar-refractivity contribution is 0.137. The second-order valence-electron chi connectivity index (χ2n) is 8.29. The van der Waals surface area contributed by atoms with Crippen LogP contribution >= 0.6 is 0 Å². The smallest absolute Gasteiger partial charge is 0.0655 e. The van der Waals surface area contributed by atoms with Crippen LogP contribution in [0.3, 0.4) is 0 Å². The molecule has 0 unspecified atom stereocenters. The zero-order valence-electron chi connectivity index (χ0n) is 13.1. The van der Waals surface area contributed by atoms with Crippen LogP contribution in [0.15, 0.2) is 0 Å². The van der Waals surface area contributed by atoms with Gasteiger partial charge < -0.3 is 0 Å². The minimum Gasteiger partial charge on any atom is -0.198 e. The third-order valence-corrected chi connectivity index (χ3v) is 5.41. The van der Waals surface area contributed by atoms with Gasteiger partial charge in [-0.2, -0.15) is 5.26 Å². The van der Waals surface area contributed by atoms with Crippen molar-refractivity contribution in [1.29, 1.82) is 5.26 Å². The molecule has 19 heavy (non-hydrogen) atoms. The summed E-state index contributed by atoms with van der Waals surface area (Å²) in [4.78, 5) is 0. The van der Waals surface area contributed by atoms with Crippen LogP contribution in [0, 0.1) is 40.4 Å². The highest BCUT2D eigenvalue weighted by atomic mass is 14.4. The van der Waals surface area contributed by atoms with E-state index in [-0.39, 0.29) is 0 Å². The van der Waals surface area contributed by atoms with Crippen LogP contribution in [0.2, 0.25) is 0 Å². The first-order chi connectivity index (χ1) is 8.98. The summed E-state index contributed by atoms with van der Waals surface area (Å²) in [5.74, 6) is 3.27. The fraction of sp³-hybridized carbons (Fsp3) is 0.944. The van der Waals surface area contributed by atoms with Gasteiger partial charge in [-0.3, -0.25) is 0 Å². The number of hydrogen-bond acceptors (Lipinski definition) is 1. The summed E-state index contributed by atoms with van der Waals surface area (Å²) in [6, 6.07) is 2.46. The molecule has 0 N–H and O–H groups in total. The van der Waals surface area contributed by atoms with Crippen LogP contribution in [0.25, 0.3) is 0 Å². The van der Waals surface area contributed by atoms with Crippen LogP contribution in [0.5, 0.6) is 0 Å². The van der Waals surface area contributed by atoms with Gasteiger partial charge in [0.2, 0.25) is 0 Å². The maximum Gasteiger partial charge on any atom is 0.0655 e. The maximum absolute atomic E-state index is 8.98. The van der Waals surface area contributed by atoms with E-state index < -0.39 is 0 Å². The number of nitrogens with zero attached hydrogens (tertiary/aromatic N) is 1. The molecule has 0 atom stereocenters. The van der Waals surface area contributed by atoms with Gasteiger partial charge in [-0.05, 0) is 68.1 Å². The summed E-state index contributed by atoms with van der Waals surface area (Å²) in [7, 11) is 0. The molecule has 2 rings (SSSR count). The van der Waals surface area contributed by atoms with E-state index >= 15 is 0 Å². The molecule has 0 heterocycles. The minimum absolute atomic E-state index is 0.369. The molecule has 1 nitrogen and oxygen atoms in total. The highest BCUT2D eigenvalue weighted by Crippen LogP contribution is 2.43. The molecular formula is C18H31N. The Kier molecular flexibility index (Phi) is 4.93. The van der Waals surface area contributed by atoms with Gasteiger partial charge in [0, 0.05) is 5.92 Å². The number of rotatable bonds is 2. The van der Waals surface area contributed by atoms with Gasteiger partial charge in [0.25, 0.3) is 0 Å². The van der Waals surface area contributed by atoms with Crippen molar-refractivity contribution in [3.8, 4) is 6.07 Å². The zero-order valence-corrected chi connectivity index (χ0v) is 13.1. The van der Waals surface area contributed by atoms with E-state index in [2.05, 4.69) is 26.8 Å². The predicted molar refractivity (Wildman–Crippen MR) is 80.6 cm³/mol. The Balaban J connectivity index is 1.73. The largest absolute Gasteiger partial charge is 0.198 e. The summed E-state index contributed by atoms with van der Waals surface area (Å²) in [5, 5.41) is 8.98.